The predicted octanol–water partition coefficient (Wildman–Crippen LogP) is -3.14. The number of carbonyl (C=O) groups excluding carboxylic acids is 3. The number of nitrogens with zero attached hydrogens (tertiary/aromatic N) is 1. The van der Waals surface area contributed by atoms with E-state index >= 15 is 0 Å². The van der Waals surface area contributed by atoms with E-state index in [9.17, 15) is 70.6 Å². The molecule has 19 heteroatoms. The lowest BCUT2D eigenvalue weighted by Gasteiger charge is -2.63. The zero-order valence-electron chi connectivity index (χ0n) is 37.2. The highest BCUT2D eigenvalue weighted by molar-refractivity contribution is 5.77. The predicted molar refractivity (Wildman–Crippen MR) is 226 cm³/mol. The van der Waals surface area contributed by atoms with Gasteiger partial charge < -0.3 is 81.9 Å². The van der Waals surface area contributed by atoms with Gasteiger partial charge in [-0.05, 0) is 111 Å². The van der Waals surface area contributed by atoms with Crippen LogP contribution in [0.25, 0.3) is 0 Å². The van der Waals surface area contributed by atoms with Crippen LogP contribution in [-0.4, -0.2) is 196 Å². The van der Waals surface area contributed by atoms with Crippen LogP contribution in [0, 0.1) is 46.3 Å². The molecule has 19 atom stereocenters. The first-order valence-electron chi connectivity index (χ1n) is 23.1. The van der Waals surface area contributed by atoms with Gasteiger partial charge in [0.2, 0.25) is 17.7 Å². The van der Waals surface area contributed by atoms with Crippen molar-refractivity contribution >= 4 is 17.7 Å². The minimum atomic E-state index is -1.90. The Morgan fingerprint density at radius 1 is 0.683 bits per heavy atom. The van der Waals surface area contributed by atoms with Crippen LogP contribution in [0.15, 0.2) is 0 Å². The first-order valence-corrected chi connectivity index (χ1v) is 23.1. The maximum absolute atomic E-state index is 13.9. The first kappa shape index (κ1) is 53.5. The summed E-state index contributed by atoms with van der Waals surface area (Å²) in [5, 5.41) is 137. The van der Waals surface area contributed by atoms with Crippen molar-refractivity contribution in [3.8, 4) is 0 Å². The summed E-state index contributed by atoms with van der Waals surface area (Å²) in [7, 11) is 0. The van der Waals surface area contributed by atoms with Gasteiger partial charge in [-0.25, -0.2) is 0 Å². The minimum Gasteiger partial charge on any atom is -0.394 e. The van der Waals surface area contributed by atoms with Crippen molar-refractivity contribution < 1.29 is 80.8 Å². The summed E-state index contributed by atoms with van der Waals surface area (Å²) in [6.45, 7) is 5.39. The lowest BCUT2D eigenvalue weighted by Crippen LogP contribution is -2.62. The van der Waals surface area contributed by atoms with Gasteiger partial charge in [0.05, 0.1) is 56.6 Å². The number of hydrogen-bond donors (Lipinski definition) is 15. The zero-order chi connectivity index (χ0) is 47.0. The van der Waals surface area contributed by atoms with Gasteiger partial charge in [-0.15, -0.1) is 0 Å². The molecule has 4 saturated carbocycles. The molecule has 0 radical (unpaired) electrons. The highest BCUT2D eigenvalue weighted by Crippen LogP contribution is 2.68. The van der Waals surface area contributed by atoms with Gasteiger partial charge in [0, 0.05) is 32.6 Å². The van der Waals surface area contributed by atoms with Crippen molar-refractivity contribution in [3.05, 3.63) is 0 Å². The van der Waals surface area contributed by atoms with E-state index < -0.39 is 104 Å². The topological polar surface area (TPSA) is 342 Å². The van der Waals surface area contributed by atoms with E-state index in [2.05, 4.69) is 31.4 Å². The van der Waals surface area contributed by atoms with Gasteiger partial charge in [-0.1, -0.05) is 20.8 Å². The van der Waals surface area contributed by atoms with E-state index in [1.807, 2.05) is 0 Å². The largest absolute Gasteiger partial charge is 0.394 e. The lowest BCUT2D eigenvalue weighted by atomic mass is 9.43. The molecule has 0 spiro atoms. The Kier molecular flexibility index (Phi) is 20.0. The van der Waals surface area contributed by atoms with E-state index in [0.29, 0.717) is 25.7 Å². The van der Waals surface area contributed by atoms with Crippen molar-refractivity contribution in [1.29, 1.82) is 0 Å². The fourth-order valence-electron chi connectivity index (χ4n) is 12.1. The van der Waals surface area contributed by atoms with Crippen LogP contribution in [0.2, 0.25) is 0 Å². The summed E-state index contributed by atoms with van der Waals surface area (Å²) in [5.74, 6) is -0.776. The van der Waals surface area contributed by atoms with Crippen molar-refractivity contribution in [3.63, 3.8) is 0 Å². The normalized spacial score (nSPS) is 34.7. The highest BCUT2D eigenvalue weighted by atomic mass is 16.4. The quantitative estimate of drug-likeness (QED) is 0.0426. The average Bonchev–Trinajstić information content (AvgIpc) is 3.61. The van der Waals surface area contributed by atoms with Crippen LogP contribution < -0.4 is 10.6 Å². The molecule has 4 rings (SSSR count). The molecule has 15 N–H and O–H groups in total. The van der Waals surface area contributed by atoms with Crippen molar-refractivity contribution in [2.45, 2.75) is 171 Å². The average molecular weight is 906 g/mol. The molecule has 4 aliphatic rings. The summed E-state index contributed by atoms with van der Waals surface area (Å²) in [6, 6.07) is 0. The van der Waals surface area contributed by atoms with E-state index in [1.165, 1.54) is 0 Å². The molecule has 366 valence electrons. The Morgan fingerprint density at radius 2 is 1.19 bits per heavy atom. The first-order chi connectivity index (χ1) is 29.6. The second-order valence-electron chi connectivity index (χ2n) is 19.8. The van der Waals surface area contributed by atoms with E-state index in [-0.39, 0.29) is 98.4 Å². The number of aliphatic hydroxyl groups is 13. The Labute approximate surface area is 370 Å². The van der Waals surface area contributed by atoms with Crippen LogP contribution in [0.4, 0.5) is 0 Å². The summed E-state index contributed by atoms with van der Waals surface area (Å²) in [4.78, 5) is 40.5. The van der Waals surface area contributed by atoms with Crippen molar-refractivity contribution in [2.24, 2.45) is 46.3 Å². The Balaban J connectivity index is 1.34. The lowest BCUT2D eigenvalue weighted by molar-refractivity contribution is -0.207. The van der Waals surface area contributed by atoms with Gasteiger partial charge in [-0.3, -0.25) is 14.4 Å². The molecule has 4 fully saturated rings. The van der Waals surface area contributed by atoms with Crippen LogP contribution in [0.5, 0.6) is 0 Å². The Bertz CT molecular complexity index is 1420. The summed E-state index contributed by atoms with van der Waals surface area (Å²) in [5.41, 5.74) is -0.494. The molecule has 63 heavy (non-hydrogen) atoms. The van der Waals surface area contributed by atoms with E-state index in [4.69, 9.17) is 10.2 Å². The zero-order valence-corrected chi connectivity index (χ0v) is 37.2. The third kappa shape index (κ3) is 12.7. The number of fused-ring (bicyclic) bond motifs is 5. The summed E-state index contributed by atoms with van der Waals surface area (Å²) in [6.07, 6.45) is -10.5. The summed E-state index contributed by atoms with van der Waals surface area (Å²) < 4.78 is 0. The molecule has 0 aromatic carbocycles. The van der Waals surface area contributed by atoms with Gasteiger partial charge in [0.15, 0.2) is 0 Å². The molecule has 4 aliphatic carbocycles. The standard InChI is InChI=1S/C44H79N3O16/c1-23(26-7-8-27-38-28(18-34(56)44(26,27)3)43(2)11-10-25(50)16-24(43)17-29(38)51)6-9-37(59)47(14-4-12-45-35(57)19-30(52)39(60)41(62)32(54)21-48)15-5-13-46-36(58)20-31(53)40(61)42(63)33(55)22-49/h23-34,38-42,48-56,60-63H,4-22H2,1-3H3,(H,45,57)(H,46,58)/t23?,24?,25?,26?,27?,28?,29?,30-,31-,32-,33-,34?,38?,39-,40-,41+,42+,43?,44?/m1/s1. The fraction of sp³-hybridized carbons (Fsp3) is 0.932. The van der Waals surface area contributed by atoms with E-state index in [1.54, 1.807) is 4.90 Å². The molecule has 0 aromatic rings. The SMILES string of the molecule is CC(CCC(=O)N(CCCNC(=O)C[C@@H](O)[C@@H](O)[C@@H](O)[C@H](O)CO)CCCNC(=O)C[C@@H](O)[C@@H](O)[C@@H](O)[C@H](O)CO)C1CCC2C3C(O)CC4CC(O)CCC4(C)C3CC(O)C12C. The summed E-state index contributed by atoms with van der Waals surface area (Å²) >= 11 is 0. The molecule has 0 heterocycles. The molecule has 0 bridgehead atoms. The molecule has 0 aliphatic heterocycles. The van der Waals surface area contributed by atoms with Gasteiger partial charge in [-0.2, -0.15) is 0 Å². The number of nitrogens with one attached hydrogen (secondary N) is 2. The third-order valence-electron chi connectivity index (χ3n) is 16.0. The molecule has 0 aromatic heterocycles. The van der Waals surface area contributed by atoms with Gasteiger partial charge in [0.25, 0.3) is 0 Å². The van der Waals surface area contributed by atoms with Gasteiger partial charge >= 0.3 is 0 Å². The number of aliphatic hydroxyl groups excluding tert-OH is 13. The molecule has 0 saturated heterocycles. The Morgan fingerprint density at radius 3 is 1.70 bits per heavy atom. The maximum atomic E-state index is 13.9. The molecule has 11 unspecified atom stereocenters. The van der Waals surface area contributed by atoms with Crippen LogP contribution in [-0.2, 0) is 14.4 Å². The number of amides is 3. The van der Waals surface area contributed by atoms with E-state index in [0.717, 1.165) is 25.7 Å². The second kappa shape index (κ2) is 23.6. The monoisotopic (exact) mass is 906 g/mol. The van der Waals surface area contributed by atoms with Crippen molar-refractivity contribution in [2.75, 3.05) is 39.4 Å². The Hall–Kier alpha value is -2.11. The smallest absolute Gasteiger partial charge is 0.222 e. The third-order valence-corrected chi connectivity index (χ3v) is 16.0. The second-order valence-corrected chi connectivity index (χ2v) is 19.8. The highest BCUT2D eigenvalue weighted by Gasteiger charge is 2.65. The minimum absolute atomic E-state index is 0.0481. The fourth-order valence-corrected chi connectivity index (χ4v) is 12.1. The number of rotatable bonds is 24. The number of carbonyl (C=O) groups is 3. The molecule has 19 nitrogen and oxygen atoms in total. The maximum Gasteiger partial charge on any atom is 0.222 e. The number of hydrogen-bond acceptors (Lipinski definition) is 16. The van der Waals surface area contributed by atoms with Crippen LogP contribution in [0.1, 0.15) is 104 Å². The molecular weight excluding hydrogens is 826 g/mol. The molecule has 3 amide bonds. The molecular formula is C44H79N3O16. The van der Waals surface area contributed by atoms with Crippen LogP contribution >= 0.6 is 0 Å². The van der Waals surface area contributed by atoms with Crippen LogP contribution in [0.3, 0.4) is 0 Å². The van der Waals surface area contributed by atoms with Crippen molar-refractivity contribution in [1.82, 2.24) is 15.5 Å². The van der Waals surface area contributed by atoms with Gasteiger partial charge in [0.1, 0.15) is 36.6 Å².